The molecule has 1 aromatic rings. The van der Waals surface area contributed by atoms with Gasteiger partial charge in [0.1, 0.15) is 0 Å². The summed E-state index contributed by atoms with van der Waals surface area (Å²) in [6, 6.07) is 6.63. The average molecular weight is 313 g/mol. The molecule has 6 heteroatoms. The lowest BCUT2D eigenvalue weighted by Gasteiger charge is -2.23. The second-order valence-electron chi connectivity index (χ2n) is 5.77. The van der Waals surface area contributed by atoms with Gasteiger partial charge >= 0.3 is 5.97 Å². The molecule has 0 aliphatic carbocycles. The highest BCUT2D eigenvalue weighted by Crippen LogP contribution is 2.22. The molecule has 0 aliphatic rings. The molecule has 0 spiro atoms. The van der Waals surface area contributed by atoms with E-state index >= 15 is 0 Å². The molecular weight excluding hydrogens is 290 g/mol. The van der Waals surface area contributed by atoms with Gasteiger partial charge in [0.2, 0.25) is 10.0 Å². The van der Waals surface area contributed by atoms with Gasteiger partial charge < -0.3 is 5.11 Å². The standard InChI is InChI=1S/C15H23NO4S/c1-5-15(4,14(17)18)10-16-21(19,20)13-8-6-12(7-9-13)11(2)3/h6-9,11,16H,5,10H2,1-4H3,(H,17,18). The summed E-state index contributed by atoms with van der Waals surface area (Å²) in [5, 5.41) is 9.16. The van der Waals surface area contributed by atoms with E-state index in [4.69, 9.17) is 5.11 Å². The van der Waals surface area contributed by atoms with E-state index in [0.29, 0.717) is 12.3 Å². The van der Waals surface area contributed by atoms with Crippen LogP contribution in [0.4, 0.5) is 0 Å². The Kier molecular flexibility index (Phi) is 5.53. The van der Waals surface area contributed by atoms with Crippen molar-refractivity contribution < 1.29 is 18.3 Å². The molecule has 0 aliphatic heterocycles. The van der Waals surface area contributed by atoms with Crippen LogP contribution in [0.2, 0.25) is 0 Å². The number of aliphatic carboxylic acids is 1. The van der Waals surface area contributed by atoms with E-state index in [-0.39, 0.29) is 11.4 Å². The summed E-state index contributed by atoms with van der Waals surface area (Å²) in [6.07, 6.45) is 0.344. The second kappa shape index (κ2) is 6.58. The van der Waals surface area contributed by atoms with Crippen LogP contribution in [0.25, 0.3) is 0 Å². The third-order valence-corrected chi connectivity index (χ3v) is 5.22. The van der Waals surface area contributed by atoms with E-state index in [0.717, 1.165) is 5.56 Å². The van der Waals surface area contributed by atoms with Crippen LogP contribution in [-0.2, 0) is 14.8 Å². The molecule has 0 heterocycles. The van der Waals surface area contributed by atoms with Crippen molar-refractivity contribution in [2.75, 3.05) is 6.54 Å². The summed E-state index contributed by atoms with van der Waals surface area (Å²) in [7, 11) is -3.69. The molecule has 1 atom stereocenters. The van der Waals surface area contributed by atoms with E-state index in [1.54, 1.807) is 31.2 Å². The molecule has 1 aromatic carbocycles. The molecule has 118 valence electrons. The fraction of sp³-hybridized carbons (Fsp3) is 0.533. The van der Waals surface area contributed by atoms with Crippen molar-refractivity contribution in [3.05, 3.63) is 29.8 Å². The third-order valence-electron chi connectivity index (χ3n) is 3.81. The van der Waals surface area contributed by atoms with Gasteiger partial charge in [0.05, 0.1) is 10.3 Å². The highest BCUT2D eigenvalue weighted by molar-refractivity contribution is 7.89. The van der Waals surface area contributed by atoms with Crippen LogP contribution in [0.1, 0.15) is 45.6 Å². The predicted molar refractivity (Wildman–Crippen MR) is 81.8 cm³/mol. The Morgan fingerprint density at radius 3 is 2.19 bits per heavy atom. The zero-order valence-electron chi connectivity index (χ0n) is 12.9. The number of hydrogen-bond acceptors (Lipinski definition) is 3. The first-order chi connectivity index (χ1) is 9.62. The Balaban J connectivity index is 2.89. The van der Waals surface area contributed by atoms with Gasteiger partial charge in [-0.2, -0.15) is 0 Å². The zero-order chi connectivity index (χ0) is 16.3. The summed E-state index contributed by atoms with van der Waals surface area (Å²) < 4.78 is 26.8. The maximum absolute atomic E-state index is 12.2. The largest absolute Gasteiger partial charge is 0.481 e. The highest BCUT2D eigenvalue weighted by Gasteiger charge is 2.32. The second-order valence-corrected chi connectivity index (χ2v) is 7.53. The number of carboxylic acids is 1. The van der Waals surface area contributed by atoms with E-state index < -0.39 is 21.4 Å². The van der Waals surface area contributed by atoms with Crippen LogP contribution < -0.4 is 4.72 Å². The molecule has 0 radical (unpaired) electrons. The van der Waals surface area contributed by atoms with Crippen LogP contribution in [-0.4, -0.2) is 26.0 Å². The smallest absolute Gasteiger partial charge is 0.310 e. The van der Waals surface area contributed by atoms with E-state index in [9.17, 15) is 13.2 Å². The summed E-state index contributed by atoms with van der Waals surface area (Å²) in [6.45, 7) is 7.18. The van der Waals surface area contributed by atoms with Crippen LogP contribution in [0, 0.1) is 5.41 Å². The number of benzene rings is 1. The molecular formula is C15H23NO4S. The van der Waals surface area contributed by atoms with Crippen molar-refractivity contribution in [3.8, 4) is 0 Å². The van der Waals surface area contributed by atoms with Crippen molar-refractivity contribution in [2.45, 2.75) is 44.9 Å². The molecule has 1 rings (SSSR count). The summed E-state index contributed by atoms with van der Waals surface area (Å²) in [4.78, 5) is 11.3. The maximum Gasteiger partial charge on any atom is 0.310 e. The number of carboxylic acid groups (broad SMARTS) is 1. The van der Waals surface area contributed by atoms with Crippen LogP contribution in [0.5, 0.6) is 0 Å². The fourth-order valence-electron chi connectivity index (χ4n) is 1.72. The third kappa shape index (κ3) is 4.28. The van der Waals surface area contributed by atoms with Crippen molar-refractivity contribution >= 4 is 16.0 Å². The number of rotatable bonds is 7. The maximum atomic E-state index is 12.2. The molecule has 0 amide bonds. The highest BCUT2D eigenvalue weighted by atomic mass is 32.2. The van der Waals surface area contributed by atoms with Gasteiger partial charge in [0.25, 0.3) is 0 Å². The Labute approximate surface area is 126 Å². The number of carbonyl (C=O) groups is 1. The summed E-state index contributed by atoms with van der Waals surface area (Å²) >= 11 is 0. The summed E-state index contributed by atoms with van der Waals surface area (Å²) in [5.41, 5.74) is -0.0526. The van der Waals surface area contributed by atoms with Gasteiger partial charge in [-0.3, -0.25) is 4.79 Å². The lowest BCUT2D eigenvalue weighted by molar-refractivity contribution is -0.147. The minimum absolute atomic E-state index is 0.132. The van der Waals surface area contributed by atoms with Gasteiger partial charge in [-0.15, -0.1) is 0 Å². The lowest BCUT2D eigenvalue weighted by Crippen LogP contribution is -2.40. The van der Waals surface area contributed by atoms with Crippen LogP contribution in [0.15, 0.2) is 29.2 Å². The van der Waals surface area contributed by atoms with Gasteiger partial charge in [-0.25, -0.2) is 13.1 Å². The number of nitrogens with one attached hydrogen (secondary N) is 1. The first-order valence-corrected chi connectivity index (χ1v) is 8.43. The SMILES string of the molecule is CCC(C)(CNS(=O)(=O)c1ccc(C(C)C)cc1)C(=O)O. The molecule has 0 aromatic heterocycles. The monoisotopic (exact) mass is 313 g/mol. The number of hydrogen-bond donors (Lipinski definition) is 2. The Hall–Kier alpha value is -1.40. The van der Waals surface area contributed by atoms with Crippen LogP contribution >= 0.6 is 0 Å². The normalized spacial score (nSPS) is 14.9. The zero-order valence-corrected chi connectivity index (χ0v) is 13.7. The van der Waals surface area contributed by atoms with Crippen LogP contribution in [0.3, 0.4) is 0 Å². The Morgan fingerprint density at radius 2 is 1.81 bits per heavy atom. The molecule has 5 nitrogen and oxygen atoms in total. The lowest BCUT2D eigenvalue weighted by atomic mass is 9.88. The molecule has 0 saturated carbocycles. The fourth-order valence-corrected chi connectivity index (χ4v) is 2.89. The molecule has 21 heavy (non-hydrogen) atoms. The minimum Gasteiger partial charge on any atom is -0.481 e. The molecule has 0 bridgehead atoms. The Bertz CT molecular complexity index is 593. The van der Waals surface area contributed by atoms with Crippen molar-refractivity contribution in [3.63, 3.8) is 0 Å². The molecule has 0 fully saturated rings. The van der Waals surface area contributed by atoms with Gasteiger partial charge in [0.15, 0.2) is 0 Å². The minimum atomic E-state index is -3.69. The van der Waals surface area contributed by atoms with Gasteiger partial charge in [0, 0.05) is 6.54 Å². The molecule has 1 unspecified atom stereocenters. The molecule has 0 saturated heterocycles. The predicted octanol–water partition coefficient (Wildman–Crippen LogP) is 2.59. The van der Waals surface area contributed by atoms with Crippen molar-refractivity contribution in [1.82, 2.24) is 4.72 Å². The number of sulfonamides is 1. The Morgan fingerprint density at radius 1 is 1.29 bits per heavy atom. The van der Waals surface area contributed by atoms with Crippen molar-refractivity contribution in [2.24, 2.45) is 5.41 Å². The first kappa shape index (κ1) is 17.7. The van der Waals surface area contributed by atoms with Gasteiger partial charge in [-0.05, 0) is 37.0 Å². The van der Waals surface area contributed by atoms with Gasteiger partial charge in [-0.1, -0.05) is 32.9 Å². The van der Waals surface area contributed by atoms with E-state index in [1.165, 1.54) is 6.92 Å². The first-order valence-electron chi connectivity index (χ1n) is 6.95. The topological polar surface area (TPSA) is 83.5 Å². The van der Waals surface area contributed by atoms with Crippen molar-refractivity contribution in [1.29, 1.82) is 0 Å². The van der Waals surface area contributed by atoms with E-state index in [1.807, 2.05) is 13.8 Å². The van der Waals surface area contributed by atoms with E-state index in [2.05, 4.69) is 4.72 Å². The quantitative estimate of drug-likeness (QED) is 0.810. The average Bonchev–Trinajstić information content (AvgIpc) is 2.44. The summed E-state index contributed by atoms with van der Waals surface area (Å²) in [5.74, 6) is -0.687. The molecule has 2 N–H and O–H groups in total.